The Morgan fingerprint density at radius 3 is 2.94 bits per heavy atom. The lowest BCUT2D eigenvalue weighted by molar-refractivity contribution is -0.116. The highest BCUT2D eigenvalue weighted by Crippen LogP contribution is 2.07. The van der Waals surface area contributed by atoms with Crippen LogP contribution in [0.25, 0.3) is 6.08 Å². The molecule has 0 bridgehead atoms. The zero-order valence-electron chi connectivity index (χ0n) is 10.2. The largest absolute Gasteiger partial charge is 0.469 e. The van der Waals surface area contributed by atoms with Crippen molar-refractivity contribution < 1.29 is 13.6 Å². The molecule has 2 aromatic heterocycles. The summed E-state index contributed by atoms with van der Waals surface area (Å²) in [6, 6.07) is 7.39. The van der Waals surface area contributed by atoms with Crippen molar-refractivity contribution in [3.63, 3.8) is 0 Å². The first-order valence-electron chi connectivity index (χ1n) is 5.79. The van der Waals surface area contributed by atoms with Gasteiger partial charge in [0.05, 0.1) is 6.26 Å². The van der Waals surface area contributed by atoms with Gasteiger partial charge in [-0.3, -0.25) is 4.79 Å². The van der Waals surface area contributed by atoms with E-state index in [-0.39, 0.29) is 5.91 Å². The third-order valence-corrected chi connectivity index (χ3v) is 2.41. The molecule has 4 heteroatoms. The average molecular weight is 245 g/mol. The molecule has 0 aliphatic rings. The molecule has 1 amide bonds. The fourth-order valence-electron chi connectivity index (χ4n) is 1.52. The molecule has 0 aromatic carbocycles. The molecule has 0 atom stereocenters. The van der Waals surface area contributed by atoms with E-state index in [0.29, 0.717) is 18.7 Å². The molecule has 94 valence electrons. The minimum atomic E-state index is -0.143. The molecular formula is C14H15NO3. The Hall–Kier alpha value is -2.23. The number of aryl methyl sites for hydroxylation is 1. The van der Waals surface area contributed by atoms with Crippen LogP contribution in [0.2, 0.25) is 0 Å². The summed E-state index contributed by atoms with van der Waals surface area (Å²) < 4.78 is 10.5. The van der Waals surface area contributed by atoms with Gasteiger partial charge < -0.3 is 14.2 Å². The minimum Gasteiger partial charge on any atom is -0.469 e. The van der Waals surface area contributed by atoms with Crippen molar-refractivity contribution >= 4 is 12.0 Å². The molecule has 1 N–H and O–H groups in total. The van der Waals surface area contributed by atoms with Crippen LogP contribution in [0.3, 0.4) is 0 Å². The summed E-state index contributed by atoms with van der Waals surface area (Å²) in [7, 11) is 0. The Kier molecular flexibility index (Phi) is 4.02. The lowest BCUT2D eigenvalue weighted by Gasteiger charge is -1.99. The Bertz CT molecular complexity index is 523. The summed E-state index contributed by atoms with van der Waals surface area (Å²) in [5.41, 5.74) is 0. The first-order valence-corrected chi connectivity index (χ1v) is 5.79. The summed E-state index contributed by atoms with van der Waals surface area (Å²) >= 11 is 0. The third kappa shape index (κ3) is 3.66. The summed E-state index contributed by atoms with van der Waals surface area (Å²) in [5, 5.41) is 2.77. The topological polar surface area (TPSA) is 55.4 Å². The fourth-order valence-corrected chi connectivity index (χ4v) is 1.52. The molecule has 0 aliphatic heterocycles. The maximum absolute atomic E-state index is 11.5. The van der Waals surface area contributed by atoms with Crippen molar-refractivity contribution in [1.82, 2.24) is 5.32 Å². The number of hydrogen-bond acceptors (Lipinski definition) is 3. The minimum absolute atomic E-state index is 0.143. The first-order chi connectivity index (χ1) is 8.74. The Balaban J connectivity index is 1.73. The standard InChI is InChI=1S/C14H15NO3/c1-11-4-5-13(18-11)6-7-14(16)15-9-8-12-3-2-10-17-12/h2-7,10H,8-9H2,1H3,(H,15,16)/b7-6+. The molecule has 2 rings (SSSR count). The monoisotopic (exact) mass is 245 g/mol. The van der Waals surface area contributed by atoms with Crippen molar-refractivity contribution in [2.24, 2.45) is 0 Å². The zero-order chi connectivity index (χ0) is 12.8. The maximum atomic E-state index is 11.5. The normalized spacial score (nSPS) is 10.9. The van der Waals surface area contributed by atoms with Gasteiger partial charge in [0.2, 0.25) is 5.91 Å². The highest BCUT2D eigenvalue weighted by molar-refractivity contribution is 5.91. The van der Waals surface area contributed by atoms with Crippen LogP contribution in [0.1, 0.15) is 17.3 Å². The van der Waals surface area contributed by atoms with Crippen LogP contribution >= 0.6 is 0 Å². The second-order valence-electron chi connectivity index (χ2n) is 3.90. The highest BCUT2D eigenvalue weighted by Gasteiger charge is 1.99. The van der Waals surface area contributed by atoms with E-state index >= 15 is 0 Å². The van der Waals surface area contributed by atoms with Gasteiger partial charge in [-0.25, -0.2) is 0 Å². The Morgan fingerprint density at radius 2 is 2.28 bits per heavy atom. The SMILES string of the molecule is Cc1ccc(/C=C/C(=O)NCCc2ccco2)o1. The fraction of sp³-hybridized carbons (Fsp3) is 0.214. The van der Waals surface area contributed by atoms with E-state index in [1.807, 2.05) is 31.2 Å². The van der Waals surface area contributed by atoms with E-state index in [1.165, 1.54) is 6.08 Å². The zero-order valence-corrected chi connectivity index (χ0v) is 10.2. The van der Waals surface area contributed by atoms with Gasteiger partial charge >= 0.3 is 0 Å². The second kappa shape index (κ2) is 5.91. The number of carbonyl (C=O) groups excluding carboxylic acids is 1. The van der Waals surface area contributed by atoms with Crippen molar-refractivity contribution in [3.8, 4) is 0 Å². The van der Waals surface area contributed by atoms with Crippen molar-refractivity contribution in [2.45, 2.75) is 13.3 Å². The molecule has 18 heavy (non-hydrogen) atoms. The molecule has 4 nitrogen and oxygen atoms in total. The number of hydrogen-bond donors (Lipinski definition) is 1. The highest BCUT2D eigenvalue weighted by atomic mass is 16.3. The number of carbonyl (C=O) groups is 1. The number of nitrogens with one attached hydrogen (secondary N) is 1. The van der Waals surface area contributed by atoms with Gasteiger partial charge in [-0.1, -0.05) is 0 Å². The van der Waals surface area contributed by atoms with Crippen LogP contribution in [0.5, 0.6) is 0 Å². The van der Waals surface area contributed by atoms with E-state index in [2.05, 4.69) is 5.32 Å². The molecule has 2 aromatic rings. The van der Waals surface area contributed by atoms with Gasteiger partial charge in [-0.05, 0) is 37.3 Å². The number of amides is 1. The van der Waals surface area contributed by atoms with Gasteiger partial charge in [0.25, 0.3) is 0 Å². The summed E-state index contributed by atoms with van der Waals surface area (Å²) in [4.78, 5) is 11.5. The average Bonchev–Trinajstić information content (AvgIpc) is 2.98. The van der Waals surface area contributed by atoms with Crippen LogP contribution < -0.4 is 5.32 Å². The van der Waals surface area contributed by atoms with Crippen LogP contribution in [0, 0.1) is 6.92 Å². The van der Waals surface area contributed by atoms with Crippen molar-refractivity contribution in [3.05, 3.63) is 53.9 Å². The van der Waals surface area contributed by atoms with Crippen molar-refractivity contribution in [1.29, 1.82) is 0 Å². The number of furan rings is 2. The van der Waals surface area contributed by atoms with Crippen LogP contribution in [-0.4, -0.2) is 12.5 Å². The van der Waals surface area contributed by atoms with Gasteiger partial charge in [-0.15, -0.1) is 0 Å². The molecule has 2 heterocycles. The van der Waals surface area contributed by atoms with E-state index in [1.54, 1.807) is 12.3 Å². The smallest absolute Gasteiger partial charge is 0.244 e. The van der Waals surface area contributed by atoms with Crippen molar-refractivity contribution in [2.75, 3.05) is 6.54 Å². The quantitative estimate of drug-likeness (QED) is 0.823. The van der Waals surface area contributed by atoms with E-state index in [0.717, 1.165) is 11.5 Å². The van der Waals surface area contributed by atoms with Crippen LogP contribution in [0.15, 0.2) is 45.4 Å². The first kappa shape index (κ1) is 12.2. The molecule has 0 aliphatic carbocycles. The van der Waals surface area contributed by atoms with E-state index < -0.39 is 0 Å². The molecular weight excluding hydrogens is 230 g/mol. The molecule has 0 fully saturated rings. The molecule has 0 spiro atoms. The van der Waals surface area contributed by atoms with Crippen LogP contribution in [0.4, 0.5) is 0 Å². The number of rotatable bonds is 5. The maximum Gasteiger partial charge on any atom is 0.244 e. The third-order valence-electron chi connectivity index (χ3n) is 2.41. The van der Waals surface area contributed by atoms with Gasteiger partial charge in [-0.2, -0.15) is 0 Å². The van der Waals surface area contributed by atoms with Gasteiger partial charge in [0.15, 0.2) is 0 Å². The van der Waals surface area contributed by atoms with E-state index in [9.17, 15) is 4.79 Å². The predicted octanol–water partition coefficient (Wildman–Crippen LogP) is 2.55. The summed E-state index contributed by atoms with van der Waals surface area (Å²) in [6.07, 6.45) is 5.42. The summed E-state index contributed by atoms with van der Waals surface area (Å²) in [5.74, 6) is 2.22. The Morgan fingerprint density at radius 1 is 1.39 bits per heavy atom. The van der Waals surface area contributed by atoms with Gasteiger partial charge in [0, 0.05) is 19.0 Å². The molecule has 0 saturated carbocycles. The molecule has 0 saturated heterocycles. The molecule has 0 radical (unpaired) electrons. The van der Waals surface area contributed by atoms with Crippen LogP contribution in [-0.2, 0) is 11.2 Å². The summed E-state index contributed by atoms with van der Waals surface area (Å²) in [6.45, 7) is 2.41. The van der Waals surface area contributed by atoms with Gasteiger partial charge in [0.1, 0.15) is 17.3 Å². The second-order valence-corrected chi connectivity index (χ2v) is 3.90. The predicted molar refractivity (Wildman–Crippen MR) is 67.9 cm³/mol. The lowest BCUT2D eigenvalue weighted by atomic mass is 10.3. The van der Waals surface area contributed by atoms with E-state index in [4.69, 9.17) is 8.83 Å². The molecule has 0 unspecified atom stereocenters. The Labute approximate surface area is 105 Å². The lowest BCUT2D eigenvalue weighted by Crippen LogP contribution is -2.23.